The molecule has 0 aliphatic heterocycles. The molecule has 0 atom stereocenters. The zero-order chi connectivity index (χ0) is 10.7. The van der Waals surface area contributed by atoms with Gasteiger partial charge in [0.05, 0.1) is 5.52 Å². The zero-order valence-electron chi connectivity index (χ0n) is 9.23. The number of pyridine rings is 1. The van der Waals surface area contributed by atoms with Crippen molar-refractivity contribution in [3.8, 4) is 0 Å². The molecular weight excluding hydrogens is 188 g/mol. The van der Waals surface area contributed by atoms with Crippen molar-refractivity contribution >= 4 is 10.9 Å². The molecule has 2 heterocycles. The van der Waals surface area contributed by atoms with Gasteiger partial charge in [-0.1, -0.05) is 0 Å². The van der Waals surface area contributed by atoms with E-state index in [1.54, 1.807) is 7.11 Å². The highest BCUT2D eigenvalue weighted by molar-refractivity contribution is 5.81. The molecule has 0 unspecified atom stereocenters. The number of hydrogen-bond donors (Lipinski definition) is 0. The molecule has 0 bridgehead atoms. The Balaban J connectivity index is 2.25. The lowest BCUT2D eigenvalue weighted by Crippen LogP contribution is -1.99. The van der Waals surface area contributed by atoms with E-state index in [2.05, 4.69) is 27.9 Å². The fourth-order valence-corrected chi connectivity index (χ4v) is 1.84. The molecule has 0 fully saturated rings. The minimum Gasteiger partial charge on any atom is -0.385 e. The van der Waals surface area contributed by atoms with Crippen molar-refractivity contribution in [1.82, 2.24) is 9.55 Å². The molecule has 2 aromatic heterocycles. The Kier molecular flexibility index (Phi) is 3.02. The fraction of sp³-hybridized carbons (Fsp3) is 0.417. The lowest BCUT2D eigenvalue weighted by Gasteiger charge is -2.04. The van der Waals surface area contributed by atoms with Crippen molar-refractivity contribution in [3.05, 3.63) is 30.2 Å². The van der Waals surface area contributed by atoms with Crippen LogP contribution in [-0.4, -0.2) is 23.3 Å². The smallest absolute Gasteiger partial charge is 0.0514 e. The molecule has 0 aromatic carbocycles. The standard InChI is InChI=1S/C12H16N2O/c1-10-11-5-8-14(7-3-9-15-2)12(11)4-6-13-10/h4-6,8H,3,7,9H2,1-2H3. The molecular formula is C12H16N2O. The highest BCUT2D eigenvalue weighted by Crippen LogP contribution is 2.17. The monoisotopic (exact) mass is 204 g/mol. The van der Waals surface area contributed by atoms with E-state index < -0.39 is 0 Å². The molecule has 3 heteroatoms. The van der Waals surface area contributed by atoms with Gasteiger partial charge in [-0.3, -0.25) is 4.98 Å². The van der Waals surface area contributed by atoms with E-state index in [4.69, 9.17) is 4.74 Å². The maximum atomic E-state index is 5.05. The highest BCUT2D eigenvalue weighted by atomic mass is 16.5. The van der Waals surface area contributed by atoms with Gasteiger partial charge in [0, 0.05) is 43.7 Å². The SMILES string of the molecule is COCCCn1ccc2c(C)nccc21. The van der Waals surface area contributed by atoms with Gasteiger partial charge in [-0.25, -0.2) is 0 Å². The van der Waals surface area contributed by atoms with Gasteiger partial charge in [0.1, 0.15) is 0 Å². The summed E-state index contributed by atoms with van der Waals surface area (Å²) in [5, 5.41) is 1.25. The predicted molar refractivity (Wildman–Crippen MR) is 61.0 cm³/mol. The van der Waals surface area contributed by atoms with Crippen molar-refractivity contribution in [3.63, 3.8) is 0 Å². The molecule has 2 rings (SSSR count). The lowest BCUT2D eigenvalue weighted by molar-refractivity contribution is 0.190. The molecule has 0 aliphatic carbocycles. The predicted octanol–water partition coefficient (Wildman–Crippen LogP) is 2.38. The van der Waals surface area contributed by atoms with Crippen LogP contribution in [0.4, 0.5) is 0 Å². The van der Waals surface area contributed by atoms with E-state index in [1.165, 1.54) is 10.9 Å². The van der Waals surface area contributed by atoms with Gasteiger partial charge in [-0.2, -0.15) is 0 Å². The Morgan fingerprint density at radius 1 is 1.40 bits per heavy atom. The summed E-state index contributed by atoms with van der Waals surface area (Å²) >= 11 is 0. The molecule has 0 saturated carbocycles. The van der Waals surface area contributed by atoms with Crippen molar-refractivity contribution < 1.29 is 4.74 Å². The van der Waals surface area contributed by atoms with Gasteiger partial charge >= 0.3 is 0 Å². The van der Waals surface area contributed by atoms with Crippen LogP contribution in [-0.2, 0) is 11.3 Å². The summed E-state index contributed by atoms with van der Waals surface area (Å²) in [6, 6.07) is 4.19. The Hall–Kier alpha value is -1.35. The van der Waals surface area contributed by atoms with Crippen LogP contribution in [0, 0.1) is 6.92 Å². The summed E-state index contributed by atoms with van der Waals surface area (Å²) in [6.45, 7) is 3.85. The van der Waals surface area contributed by atoms with Gasteiger partial charge in [0.15, 0.2) is 0 Å². The number of aromatic nitrogens is 2. The minimum absolute atomic E-state index is 0.809. The van der Waals surface area contributed by atoms with Crippen LogP contribution in [0.2, 0.25) is 0 Å². The number of methoxy groups -OCH3 is 1. The maximum absolute atomic E-state index is 5.05. The number of ether oxygens (including phenoxy) is 1. The molecule has 0 N–H and O–H groups in total. The Morgan fingerprint density at radius 2 is 2.27 bits per heavy atom. The van der Waals surface area contributed by atoms with E-state index in [0.29, 0.717) is 0 Å². The third-order valence-corrected chi connectivity index (χ3v) is 2.64. The van der Waals surface area contributed by atoms with Gasteiger partial charge < -0.3 is 9.30 Å². The van der Waals surface area contributed by atoms with Crippen LogP contribution in [0.1, 0.15) is 12.1 Å². The number of rotatable bonds is 4. The van der Waals surface area contributed by atoms with Crippen molar-refractivity contribution in [1.29, 1.82) is 0 Å². The maximum Gasteiger partial charge on any atom is 0.0514 e. The molecule has 0 amide bonds. The van der Waals surface area contributed by atoms with Crippen molar-refractivity contribution in [2.45, 2.75) is 19.9 Å². The molecule has 0 spiro atoms. The topological polar surface area (TPSA) is 27.1 Å². The van der Waals surface area contributed by atoms with Crippen LogP contribution in [0.25, 0.3) is 10.9 Å². The Morgan fingerprint density at radius 3 is 3.07 bits per heavy atom. The lowest BCUT2D eigenvalue weighted by atomic mass is 10.2. The molecule has 80 valence electrons. The summed E-state index contributed by atoms with van der Waals surface area (Å²) < 4.78 is 7.30. The average molecular weight is 204 g/mol. The molecule has 0 radical (unpaired) electrons. The molecule has 2 aromatic rings. The second-order valence-electron chi connectivity index (χ2n) is 3.68. The quantitative estimate of drug-likeness (QED) is 0.715. The van der Waals surface area contributed by atoms with Crippen LogP contribution >= 0.6 is 0 Å². The van der Waals surface area contributed by atoms with Gasteiger partial charge in [-0.15, -0.1) is 0 Å². The van der Waals surface area contributed by atoms with Crippen LogP contribution in [0.5, 0.6) is 0 Å². The molecule has 0 aliphatic rings. The number of hydrogen-bond acceptors (Lipinski definition) is 2. The normalized spacial score (nSPS) is 11.1. The van der Waals surface area contributed by atoms with E-state index in [9.17, 15) is 0 Å². The summed E-state index contributed by atoms with van der Waals surface area (Å²) in [7, 11) is 1.74. The molecule has 0 saturated heterocycles. The highest BCUT2D eigenvalue weighted by Gasteiger charge is 2.02. The first-order valence-corrected chi connectivity index (χ1v) is 5.22. The average Bonchev–Trinajstić information content (AvgIpc) is 2.64. The first kappa shape index (κ1) is 10.2. The fourth-order valence-electron chi connectivity index (χ4n) is 1.84. The second kappa shape index (κ2) is 4.45. The summed E-state index contributed by atoms with van der Waals surface area (Å²) in [5.74, 6) is 0. The number of aryl methyl sites for hydroxylation is 2. The van der Waals surface area contributed by atoms with Crippen molar-refractivity contribution in [2.75, 3.05) is 13.7 Å². The van der Waals surface area contributed by atoms with Gasteiger partial charge in [-0.05, 0) is 25.5 Å². The van der Waals surface area contributed by atoms with Crippen LogP contribution in [0.3, 0.4) is 0 Å². The molecule has 3 nitrogen and oxygen atoms in total. The number of nitrogens with zero attached hydrogens (tertiary/aromatic N) is 2. The first-order valence-electron chi connectivity index (χ1n) is 5.22. The van der Waals surface area contributed by atoms with E-state index in [0.717, 1.165) is 25.3 Å². The van der Waals surface area contributed by atoms with E-state index >= 15 is 0 Å². The third kappa shape index (κ3) is 2.02. The Bertz CT molecular complexity index is 448. The largest absolute Gasteiger partial charge is 0.385 e. The number of fused-ring (bicyclic) bond motifs is 1. The summed E-state index contributed by atoms with van der Waals surface area (Å²) in [6.07, 6.45) is 5.03. The molecule has 15 heavy (non-hydrogen) atoms. The van der Waals surface area contributed by atoms with Crippen LogP contribution < -0.4 is 0 Å². The summed E-state index contributed by atoms with van der Waals surface area (Å²) in [4.78, 5) is 4.28. The minimum atomic E-state index is 0.809. The van der Waals surface area contributed by atoms with E-state index in [-0.39, 0.29) is 0 Å². The second-order valence-corrected chi connectivity index (χ2v) is 3.68. The van der Waals surface area contributed by atoms with Crippen LogP contribution in [0.15, 0.2) is 24.5 Å². The van der Waals surface area contributed by atoms with E-state index in [1.807, 2.05) is 13.1 Å². The van der Waals surface area contributed by atoms with Gasteiger partial charge in [0.2, 0.25) is 0 Å². The van der Waals surface area contributed by atoms with Gasteiger partial charge in [0.25, 0.3) is 0 Å². The zero-order valence-corrected chi connectivity index (χ0v) is 9.23. The third-order valence-electron chi connectivity index (χ3n) is 2.64. The Labute approximate surface area is 89.7 Å². The van der Waals surface area contributed by atoms with Crippen molar-refractivity contribution in [2.24, 2.45) is 0 Å². The summed E-state index contributed by atoms with van der Waals surface area (Å²) in [5.41, 5.74) is 2.36. The first-order chi connectivity index (χ1) is 7.33.